The standard InChI is InChI=1S/C25H31FN4O6/c1-17(2)14-21(28-25(34)36-15-18-6-4-3-5-7-18)24(33)29-30(13-12-22(27)31)23(32)16-35-20-10-8-19(26)9-11-20/h3-11,17,21H,12-16H2,1-2H3,(H2,27,31)(H,28,34)(H,29,33)/t21-/m0/s1. The predicted molar refractivity (Wildman–Crippen MR) is 129 cm³/mol. The molecule has 0 aromatic heterocycles. The van der Waals surface area contributed by atoms with Crippen LogP contribution in [0, 0.1) is 11.7 Å². The number of primary amides is 1. The van der Waals surface area contributed by atoms with Crippen molar-refractivity contribution in [2.75, 3.05) is 13.2 Å². The molecule has 0 aliphatic carbocycles. The van der Waals surface area contributed by atoms with Crippen LogP contribution in [0.5, 0.6) is 5.75 Å². The molecule has 0 radical (unpaired) electrons. The molecule has 0 fully saturated rings. The highest BCUT2D eigenvalue weighted by atomic mass is 19.1. The monoisotopic (exact) mass is 502 g/mol. The maximum absolute atomic E-state index is 13.1. The van der Waals surface area contributed by atoms with Gasteiger partial charge in [-0.3, -0.25) is 24.8 Å². The summed E-state index contributed by atoms with van der Waals surface area (Å²) in [7, 11) is 0. The second-order valence-corrected chi connectivity index (χ2v) is 8.37. The lowest BCUT2D eigenvalue weighted by Gasteiger charge is -2.26. The number of nitrogens with two attached hydrogens (primary N) is 1. The molecule has 0 saturated heterocycles. The molecule has 1 atom stereocenters. The molecule has 2 rings (SSSR count). The van der Waals surface area contributed by atoms with E-state index in [2.05, 4.69) is 10.7 Å². The summed E-state index contributed by atoms with van der Waals surface area (Å²) in [6, 6.07) is 13.1. The van der Waals surface area contributed by atoms with Gasteiger partial charge in [-0.2, -0.15) is 0 Å². The van der Waals surface area contributed by atoms with Gasteiger partial charge in [-0.15, -0.1) is 0 Å². The predicted octanol–water partition coefficient (Wildman–Crippen LogP) is 2.28. The van der Waals surface area contributed by atoms with Crippen LogP contribution in [0.1, 0.15) is 32.3 Å². The number of halogens is 1. The molecule has 0 heterocycles. The van der Waals surface area contributed by atoms with Crippen LogP contribution in [0.15, 0.2) is 54.6 Å². The van der Waals surface area contributed by atoms with Gasteiger partial charge >= 0.3 is 6.09 Å². The van der Waals surface area contributed by atoms with Crippen molar-refractivity contribution in [2.45, 2.75) is 39.3 Å². The van der Waals surface area contributed by atoms with Crippen LogP contribution < -0.4 is 21.2 Å². The minimum Gasteiger partial charge on any atom is -0.484 e. The number of benzene rings is 2. The lowest BCUT2D eigenvalue weighted by molar-refractivity contribution is -0.144. The average Bonchev–Trinajstić information content (AvgIpc) is 2.84. The first-order valence-electron chi connectivity index (χ1n) is 11.4. The molecular weight excluding hydrogens is 471 g/mol. The zero-order valence-corrected chi connectivity index (χ0v) is 20.2. The second kappa shape index (κ2) is 14.3. The Labute approximate surface area is 208 Å². The first-order chi connectivity index (χ1) is 17.1. The Kier molecular flexibility index (Phi) is 11.2. The van der Waals surface area contributed by atoms with E-state index in [1.165, 1.54) is 24.3 Å². The number of hydrogen-bond donors (Lipinski definition) is 3. The van der Waals surface area contributed by atoms with E-state index in [9.17, 15) is 23.6 Å². The summed E-state index contributed by atoms with van der Waals surface area (Å²) < 4.78 is 23.6. The first-order valence-corrected chi connectivity index (χ1v) is 11.4. The van der Waals surface area contributed by atoms with Crippen molar-refractivity contribution < 1.29 is 33.0 Å². The van der Waals surface area contributed by atoms with Crippen LogP contribution >= 0.6 is 0 Å². The van der Waals surface area contributed by atoms with Crippen molar-refractivity contribution in [3.8, 4) is 5.75 Å². The van der Waals surface area contributed by atoms with Gasteiger partial charge in [-0.1, -0.05) is 44.2 Å². The van der Waals surface area contributed by atoms with Gasteiger partial charge in [0.15, 0.2) is 6.61 Å². The summed E-state index contributed by atoms with van der Waals surface area (Å²) in [4.78, 5) is 49.3. The van der Waals surface area contributed by atoms with E-state index in [0.717, 1.165) is 10.6 Å². The molecule has 10 nitrogen and oxygen atoms in total. The molecule has 0 aliphatic rings. The summed E-state index contributed by atoms with van der Waals surface area (Å²) in [6.07, 6.45) is -0.755. The SMILES string of the molecule is CC(C)C[C@H](NC(=O)OCc1ccccc1)C(=O)NN(CCC(N)=O)C(=O)COc1ccc(F)cc1. The Morgan fingerprint density at radius 2 is 1.69 bits per heavy atom. The van der Waals surface area contributed by atoms with Gasteiger partial charge in [0.1, 0.15) is 24.2 Å². The Balaban J connectivity index is 2.01. The normalized spacial score (nSPS) is 11.3. The summed E-state index contributed by atoms with van der Waals surface area (Å²) in [6.45, 7) is 3.05. The van der Waals surface area contributed by atoms with Crippen LogP contribution in [0.25, 0.3) is 0 Å². The van der Waals surface area contributed by atoms with E-state index in [4.69, 9.17) is 15.2 Å². The van der Waals surface area contributed by atoms with Gasteiger partial charge < -0.3 is 20.5 Å². The number of rotatable bonds is 12. The van der Waals surface area contributed by atoms with Crippen molar-refractivity contribution in [2.24, 2.45) is 11.7 Å². The molecule has 0 saturated carbocycles. The molecule has 0 spiro atoms. The maximum Gasteiger partial charge on any atom is 0.408 e. The van der Waals surface area contributed by atoms with Crippen molar-refractivity contribution in [3.63, 3.8) is 0 Å². The Morgan fingerprint density at radius 3 is 2.31 bits per heavy atom. The second-order valence-electron chi connectivity index (χ2n) is 8.37. The van der Waals surface area contributed by atoms with Crippen LogP contribution in [0.3, 0.4) is 0 Å². The average molecular weight is 503 g/mol. The number of carbonyl (C=O) groups is 4. The van der Waals surface area contributed by atoms with Crippen LogP contribution in [0.2, 0.25) is 0 Å². The quantitative estimate of drug-likeness (QED) is 0.381. The third-order valence-corrected chi connectivity index (χ3v) is 4.83. The summed E-state index contributed by atoms with van der Waals surface area (Å²) >= 11 is 0. The van der Waals surface area contributed by atoms with Gasteiger partial charge in [0.2, 0.25) is 5.91 Å². The number of alkyl carbamates (subject to hydrolysis) is 1. The molecule has 4 N–H and O–H groups in total. The number of hydrazine groups is 1. The molecule has 0 bridgehead atoms. The highest BCUT2D eigenvalue weighted by molar-refractivity contribution is 5.88. The maximum atomic E-state index is 13.1. The minimum atomic E-state index is -1.02. The summed E-state index contributed by atoms with van der Waals surface area (Å²) in [5.74, 6) is -2.24. The fourth-order valence-corrected chi connectivity index (χ4v) is 3.04. The Morgan fingerprint density at radius 1 is 1.03 bits per heavy atom. The molecule has 2 aromatic rings. The zero-order valence-electron chi connectivity index (χ0n) is 20.2. The van der Waals surface area contributed by atoms with E-state index in [-0.39, 0.29) is 37.7 Å². The topological polar surface area (TPSA) is 140 Å². The molecule has 36 heavy (non-hydrogen) atoms. The first kappa shape index (κ1) is 28.1. The van der Waals surface area contributed by atoms with E-state index in [0.29, 0.717) is 0 Å². The molecule has 0 aliphatic heterocycles. The number of carbonyl (C=O) groups excluding carboxylic acids is 4. The zero-order chi connectivity index (χ0) is 26.5. The number of hydrogen-bond acceptors (Lipinski definition) is 6. The number of nitrogens with zero attached hydrogens (tertiary/aromatic N) is 1. The Bertz CT molecular complexity index is 1020. The molecule has 0 unspecified atom stereocenters. The highest BCUT2D eigenvalue weighted by Crippen LogP contribution is 2.11. The van der Waals surface area contributed by atoms with E-state index >= 15 is 0 Å². The summed E-state index contributed by atoms with van der Waals surface area (Å²) in [5.41, 5.74) is 8.40. The van der Waals surface area contributed by atoms with Crippen LogP contribution in [0.4, 0.5) is 9.18 Å². The van der Waals surface area contributed by atoms with Gasteiger partial charge in [-0.05, 0) is 42.2 Å². The van der Waals surface area contributed by atoms with Crippen LogP contribution in [-0.4, -0.2) is 48.0 Å². The smallest absolute Gasteiger partial charge is 0.408 e. The summed E-state index contributed by atoms with van der Waals surface area (Å²) in [5, 5.41) is 3.42. The molecular formula is C25H31FN4O6. The fraction of sp³-hybridized carbons (Fsp3) is 0.360. The third kappa shape index (κ3) is 10.4. The van der Waals surface area contributed by atoms with Crippen molar-refractivity contribution in [1.29, 1.82) is 0 Å². The van der Waals surface area contributed by atoms with Crippen molar-refractivity contribution in [3.05, 3.63) is 66.0 Å². The van der Waals surface area contributed by atoms with Crippen molar-refractivity contribution in [1.82, 2.24) is 15.8 Å². The fourth-order valence-electron chi connectivity index (χ4n) is 3.04. The van der Waals surface area contributed by atoms with E-state index in [1.54, 1.807) is 12.1 Å². The highest BCUT2D eigenvalue weighted by Gasteiger charge is 2.26. The van der Waals surface area contributed by atoms with Crippen molar-refractivity contribution >= 4 is 23.8 Å². The molecule has 11 heteroatoms. The van der Waals surface area contributed by atoms with Gasteiger partial charge in [0.05, 0.1) is 6.54 Å². The Hall–Kier alpha value is -4.15. The van der Waals surface area contributed by atoms with Crippen LogP contribution in [-0.2, 0) is 25.7 Å². The molecule has 2 aromatic carbocycles. The number of ether oxygens (including phenoxy) is 2. The third-order valence-electron chi connectivity index (χ3n) is 4.83. The minimum absolute atomic E-state index is 0.0201. The lowest BCUT2D eigenvalue weighted by Crippen LogP contribution is -2.56. The van der Waals surface area contributed by atoms with E-state index < -0.39 is 42.3 Å². The van der Waals surface area contributed by atoms with Gasteiger partial charge in [-0.25, -0.2) is 9.18 Å². The molecule has 194 valence electrons. The van der Waals surface area contributed by atoms with Gasteiger partial charge in [0, 0.05) is 6.42 Å². The number of nitrogens with one attached hydrogen (secondary N) is 2. The largest absolute Gasteiger partial charge is 0.484 e. The van der Waals surface area contributed by atoms with Gasteiger partial charge in [0.25, 0.3) is 11.8 Å². The van der Waals surface area contributed by atoms with E-state index in [1.807, 2.05) is 32.0 Å². The molecule has 4 amide bonds. The number of amides is 4. The lowest BCUT2D eigenvalue weighted by atomic mass is 10.0.